The van der Waals surface area contributed by atoms with Crippen LogP contribution in [0.2, 0.25) is 0 Å². The van der Waals surface area contributed by atoms with Crippen LogP contribution < -0.4 is 4.74 Å². The number of carbonyl (C=O) groups is 1. The summed E-state index contributed by atoms with van der Waals surface area (Å²) in [5, 5.41) is 9.50. The van der Waals surface area contributed by atoms with Crippen molar-refractivity contribution in [3.05, 3.63) is 59.9 Å². The van der Waals surface area contributed by atoms with Gasteiger partial charge in [0.1, 0.15) is 18.2 Å². The SMILES string of the molecule is COc1ccc2c(c1)nc(CO)n2CC(=O)c1ccccc1. The van der Waals surface area contributed by atoms with Crippen LogP contribution in [0.3, 0.4) is 0 Å². The van der Waals surface area contributed by atoms with Gasteiger partial charge in [-0.15, -0.1) is 0 Å². The number of ether oxygens (including phenoxy) is 1. The quantitative estimate of drug-likeness (QED) is 0.734. The first-order valence-corrected chi connectivity index (χ1v) is 6.95. The maximum atomic E-state index is 12.4. The highest BCUT2D eigenvalue weighted by atomic mass is 16.5. The van der Waals surface area contributed by atoms with E-state index in [0.717, 1.165) is 5.52 Å². The van der Waals surface area contributed by atoms with Crippen molar-refractivity contribution in [3.63, 3.8) is 0 Å². The summed E-state index contributed by atoms with van der Waals surface area (Å²) in [6.45, 7) is -0.0815. The molecule has 3 aromatic rings. The van der Waals surface area contributed by atoms with Gasteiger partial charge in [0.05, 0.1) is 24.7 Å². The molecule has 0 unspecified atom stereocenters. The Hall–Kier alpha value is -2.66. The summed E-state index contributed by atoms with van der Waals surface area (Å²) in [6.07, 6.45) is 0. The number of nitrogens with zero attached hydrogens (tertiary/aromatic N) is 2. The molecule has 22 heavy (non-hydrogen) atoms. The molecular formula is C17H16N2O3. The van der Waals surface area contributed by atoms with Gasteiger partial charge in [-0.2, -0.15) is 0 Å². The number of methoxy groups -OCH3 is 1. The third-order valence-electron chi connectivity index (χ3n) is 3.57. The molecule has 0 radical (unpaired) electrons. The molecule has 1 heterocycles. The first-order valence-electron chi connectivity index (χ1n) is 6.95. The van der Waals surface area contributed by atoms with Crippen LogP contribution in [-0.2, 0) is 13.2 Å². The van der Waals surface area contributed by atoms with Crippen molar-refractivity contribution < 1.29 is 14.6 Å². The Morgan fingerprint density at radius 1 is 1.23 bits per heavy atom. The molecule has 0 saturated carbocycles. The van der Waals surface area contributed by atoms with E-state index in [0.29, 0.717) is 22.7 Å². The van der Waals surface area contributed by atoms with Crippen molar-refractivity contribution in [2.45, 2.75) is 13.2 Å². The number of carbonyl (C=O) groups excluding carboxylic acids is 1. The van der Waals surface area contributed by atoms with Gasteiger partial charge in [0.25, 0.3) is 0 Å². The van der Waals surface area contributed by atoms with Gasteiger partial charge in [-0.05, 0) is 12.1 Å². The monoisotopic (exact) mass is 296 g/mol. The van der Waals surface area contributed by atoms with Crippen LogP contribution in [-0.4, -0.2) is 27.6 Å². The molecule has 0 aliphatic carbocycles. The zero-order chi connectivity index (χ0) is 15.5. The van der Waals surface area contributed by atoms with Gasteiger partial charge in [-0.25, -0.2) is 4.98 Å². The number of aliphatic hydroxyl groups excluding tert-OH is 1. The lowest BCUT2D eigenvalue weighted by Crippen LogP contribution is -2.13. The van der Waals surface area contributed by atoms with E-state index < -0.39 is 0 Å². The molecule has 0 amide bonds. The second kappa shape index (κ2) is 5.99. The summed E-state index contributed by atoms with van der Waals surface area (Å²) < 4.78 is 6.92. The Morgan fingerprint density at radius 3 is 2.68 bits per heavy atom. The molecule has 0 spiro atoms. The van der Waals surface area contributed by atoms with Crippen LogP contribution in [0.5, 0.6) is 5.75 Å². The lowest BCUT2D eigenvalue weighted by atomic mass is 10.1. The fraction of sp³-hybridized carbons (Fsp3) is 0.176. The molecule has 0 saturated heterocycles. The molecule has 0 atom stereocenters. The highest BCUT2D eigenvalue weighted by Gasteiger charge is 2.14. The largest absolute Gasteiger partial charge is 0.497 e. The van der Waals surface area contributed by atoms with E-state index in [1.807, 2.05) is 30.3 Å². The Kier molecular flexibility index (Phi) is 3.89. The topological polar surface area (TPSA) is 64.3 Å². The summed E-state index contributed by atoms with van der Waals surface area (Å²) in [4.78, 5) is 16.8. The second-order valence-electron chi connectivity index (χ2n) is 4.92. The summed E-state index contributed by atoms with van der Waals surface area (Å²) in [5.41, 5.74) is 2.14. The van der Waals surface area contributed by atoms with Crippen molar-refractivity contribution in [2.24, 2.45) is 0 Å². The van der Waals surface area contributed by atoms with Crippen LogP contribution in [0.15, 0.2) is 48.5 Å². The second-order valence-corrected chi connectivity index (χ2v) is 4.92. The third-order valence-corrected chi connectivity index (χ3v) is 3.57. The van der Waals surface area contributed by atoms with E-state index in [4.69, 9.17) is 4.74 Å². The molecule has 3 rings (SSSR count). The minimum atomic E-state index is -0.223. The van der Waals surface area contributed by atoms with Gasteiger partial charge in [0, 0.05) is 11.6 Å². The van der Waals surface area contributed by atoms with Gasteiger partial charge in [0.2, 0.25) is 0 Å². The van der Waals surface area contributed by atoms with Crippen molar-refractivity contribution in [3.8, 4) is 5.75 Å². The van der Waals surface area contributed by atoms with Gasteiger partial charge in [-0.3, -0.25) is 4.79 Å². The molecule has 2 aromatic carbocycles. The number of rotatable bonds is 5. The molecule has 5 nitrogen and oxygen atoms in total. The number of Topliss-reactive ketones (excluding diaryl/α,β-unsaturated/α-hetero) is 1. The predicted octanol–water partition coefficient (Wildman–Crippen LogP) is 2.42. The van der Waals surface area contributed by atoms with Gasteiger partial charge in [0.15, 0.2) is 5.78 Å². The maximum Gasteiger partial charge on any atom is 0.182 e. The molecule has 112 valence electrons. The lowest BCUT2D eigenvalue weighted by Gasteiger charge is -2.07. The normalized spacial score (nSPS) is 10.8. The highest BCUT2D eigenvalue weighted by Crippen LogP contribution is 2.22. The number of benzene rings is 2. The van der Waals surface area contributed by atoms with E-state index >= 15 is 0 Å². The van der Waals surface area contributed by atoms with Crippen LogP contribution in [0.4, 0.5) is 0 Å². The van der Waals surface area contributed by atoms with Gasteiger partial charge >= 0.3 is 0 Å². The minimum absolute atomic E-state index is 0.0228. The van der Waals surface area contributed by atoms with Crippen molar-refractivity contribution in [1.29, 1.82) is 0 Å². The average Bonchev–Trinajstić information content (AvgIpc) is 2.92. The smallest absolute Gasteiger partial charge is 0.182 e. The number of hydrogen-bond acceptors (Lipinski definition) is 4. The number of aliphatic hydroxyl groups is 1. The van der Waals surface area contributed by atoms with E-state index in [9.17, 15) is 9.90 Å². The molecule has 1 N–H and O–H groups in total. The number of fused-ring (bicyclic) bond motifs is 1. The standard InChI is InChI=1S/C17H16N2O3/c1-22-13-7-8-15-14(9-13)18-17(11-20)19(15)10-16(21)12-5-3-2-4-6-12/h2-9,20H,10-11H2,1H3. The average molecular weight is 296 g/mol. The lowest BCUT2D eigenvalue weighted by molar-refractivity contribution is 0.0970. The van der Waals surface area contributed by atoms with Crippen molar-refractivity contribution >= 4 is 16.8 Å². The Bertz CT molecular complexity index is 809. The number of ketones is 1. The summed E-state index contributed by atoms with van der Waals surface area (Å²) in [7, 11) is 1.59. The van der Waals surface area contributed by atoms with Crippen molar-refractivity contribution in [2.75, 3.05) is 7.11 Å². The first-order chi connectivity index (χ1) is 10.7. The first kappa shape index (κ1) is 14.3. The molecule has 0 aliphatic rings. The van der Waals surface area contributed by atoms with Gasteiger partial charge < -0.3 is 14.4 Å². The maximum absolute atomic E-state index is 12.4. The number of imidazole rings is 1. The zero-order valence-corrected chi connectivity index (χ0v) is 12.2. The van der Waals surface area contributed by atoms with Gasteiger partial charge in [-0.1, -0.05) is 30.3 Å². The molecule has 1 aromatic heterocycles. The molecule has 0 bridgehead atoms. The van der Waals surface area contributed by atoms with Crippen LogP contribution in [0.25, 0.3) is 11.0 Å². The number of aromatic nitrogens is 2. The molecule has 0 fully saturated rings. The number of hydrogen-bond donors (Lipinski definition) is 1. The third kappa shape index (κ3) is 2.58. The Morgan fingerprint density at radius 2 is 2.00 bits per heavy atom. The molecule has 0 aliphatic heterocycles. The minimum Gasteiger partial charge on any atom is -0.497 e. The van der Waals surface area contributed by atoms with Crippen LogP contribution in [0.1, 0.15) is 16.2 Å². The Labute approximate surface area is 127 Å². The molecular weight excluding hydrogens is 280 g/mol. The van der Waals surface area contributed by atoms with Crippen LogP contribution >= 0.6 is 0 Å². The Balaban J connectivity index is 2.00. The van der Waals surface area contributed by atoms with E-state index in [1.165, 1.54) is 0 Å². The zero-order valence-electron chi connectivity index (χ0n) is 12.2. The van der Waals surface area contributed by atoms with E-state index in [2.05, 4.69) is 4.98 Å². The summed E-state index contributed by atoms with van der Waals surface area (Å²) >= 11 is 0. The summed E-state index contributed by atoms with van der Waals surface area (Å²) in [5.74, 6) is 1.13. The fourth-order valence-corrected chi connectivity index (χ4v) is 2.44. The van der Waals surface area contributed by atoms with Crippen molar-refractivity contribution in [1.82, 2.24) is 9.55 Å². The van der Waals surface area contributed by atoms with E-state index in [1.54, 1.807) is 29.9 Å². The van der Waals surface area contributed by atoms with Crippen LogP contribution in [0, 0.1) is 0 Å². The summed E-state index contributed by atoms with van der Waals surface area (Å²) in [6, 6.07) is 14.5. The predicted molar refractivity (Wildman–Crippen MR) is 83.0 cm³/mol. The molecule has 5 heteroatoms. The fourth-order valence-electron chi connectivity index (χ4n) is 2.44. The van der Waals surface area contributed by atoms with E-state index in [-0.39, 0.29) is 18.9 Å². The highest BCUT2D eigenvalue weighted by molar-refractivity contribution is 5.96.